The molecule has 1 aliphatic rings. The number of rotatable bonds is 6. The smallest absolute Gasteiger partial charge is 0.0965 e. The predicted octanol–water partition coefficient (Wildman–Crippen LogP) is 3.32. The second kappa shape index (κ2) is 8.20. The van der Waals surface area contributed by atoms with E-state index >= 15 is 0 Å². The average molecular weight is 318 g/mol. The molecule has 2 atom stereocenters. The van der Waals surface area contributed by atoms with Crippen LogP contribution in [0.15, 0.2) is 18.2 Å². The molecule has 0 aromatic heterocycles. The molecule has 1 saturated heterocycles. The van der Waals surface area contributed by atoms with Crippen molar-refractivity contribution >= 4 is 23.2 Å². The van der Waals surface area contributed by atoms with E-state index in [9.17, 15) is 0 Å². The molecular formula is C15H21Cl2NO2. The van der Waals surface area contributed by atoms with Crippen molar-refractivity contribution in [1.82, 2.24) is 5.32 Å². The minimum atomic E-state index is 0.0605. The Balaban J connectivity index is 2.07. The third kappa shape index (κ3) is 4.61. The van der Waals surface area contributed by atoms with E-state index in [1.54, 1.807) is 0 Å². The van der Waals surface area contributed by atoms with Crippen LogP contribution < -0.4 is 5.32 Å². The van der Waals surface area contributed by atoms with Gasteiger partial charge in [-0.3, -0.25) is 0 Å². The molecule has 0 bridgehead atoms. The third-order valence-corrected chi connectivity index (χ3v) is 4.00. The SMILES string of the molecule is CCCNC(Cc1cc(Cl)ccc1Cl)C1COCCO1. The summed E-state index contributed by atoms with van der Waals surface area (Å²) < 4.78 is 11.3. The van der Waals surface area contributed by atoms with Crippen LogP contribution in [0, 0.1) is 0 Å². The van der Waals surface area contributed by atoms with E-state index in [2.05, 4.69) is 12.2 Å². The molecule has 20 heavy (non-hydrogen) atoms. The van der Waals surface area contributed by atoms with Crippen LogP contribution in [0.4, 0.5) is 0 Å². The summed E-state index contributed by atoms with van der Waals surface area (Å²) in [6.45, 7) is 5.05. The molecule has 1 aromatic rings. The second-order valence-corrected chi connectivity index (χ2v) is 5.83. The monoisotopic (exact) mass is 317 g/mol. The Morgan fingerprint density at radius 3 is 2.90 bits per heavy atom. The summed E-state index contributed by atoms with van der Waals surface area (Å²) >= 11 is 12.3. The quantitative estimate of drug-likeness (QED) is 0.873. The van der Waals surface area contributed by atoms with Crippen LogP contribution in [0.25, 0.3) is 0 Å². The molecule has 112 valence electrons. The standard InChI is InChI=1S/C15H21Cl2NO2/c1-2-5-18-14(15-10-19-6-7-20-15)9-11-8-12(16)3-4-13(11)17/h3-4,8,14-15,18H,2,5-7,9-10H2,1H3. The summed E-state index contributed by atoms with van der Waals surface area (Å²) in [5, 5.41) is 4.98. The highest BCUT2D eigenvalue weighted by Crippen LogP contribution is 2.23. The maximum absolute atomic E-state index is 6.25. The summed E-state index contributed by atoms with van der Waals surface area (Å²) in [4.78, 5) is 0. The van der Waals surface area contributed by atoms with Crippen molar-refractivity contribution in [3.8, 4) is 0 Å². The highest BCUT2D eigenvalue weighted by Gasteiger charge is 2.25. The summed E-state index contributed by atoms with van der Waals surface area (Å²) in [6, 6.07) is 5.76. The van der Waals surface area contributed by atoms with Gasteiger partial charge >= 0.3 is 0 Å². The lowest BCUT2D eigenvalue weighted by molar-refractivity contribution is -0.101. The topological polar surface area (TPSA) is 30.5 Å². The minimum Gasteiger partial charge on any atom is -0.376 e. The number of benzene rings is 1. The molecule has 0 radical (unpaired) electrons. The molecule has 1 heterocycles. The Hall–Kier alpha value is -0.320. The Bertz CT molecular complexity index is 422. The average Bonchev–Trinajstić information content (AvgIpc) is 2.48. The largest absolute Gasteiger partial charge is 0.376 e. The first-order valence-corrected chi connectivity index (χ1v) is 7.83. The molecule has 0 amide bonds. The van der Waals surface area contributed by atoms with Gasteiger partial charge in [-0.25, -0.2) is 0 Å². The number of hydrogen-bond donors (Lipinski definition) is 1. The summed E-state index contributed by atoms with van der Waals surface area (Å²) in [7, 11) is 0. The highest BCUT2D eigenvalue weighted by atomic mass is 35.5. The van der Waals surface area contributed by atoms with Gasteiger partial charge in [-0.2, -0.15) is 0 Å². The van der Waals surface area contributed by atoms with Crippen LogP contribution in [-0.2, 0) is 15.9 Å². The van der Waals surface area contributed by atoms with Crippen molar-refractivity contribution < 1.29 is 9.47 Å². The summed E-state index contributed by atoms with van der Waals surface area (Å²) in [5.74, 6) is 0. The van der Waals surface area contributed by atoms with Crippen LogP contribution in [0.3, 0.4) is 0 Å². The fourth-order valence-electron chi connectivity index (χ4n) is 2.34. The first-order valence-electron chi connectivity index (χ1n) is 7.07. The first-order chi connectivity index (χ1) is 9.70. The molecule has 0 saturated carbocycles. The molecule has 0 aliphatic carbocycles. The van der Waals surface area contributed by atoms with E-state index in [1.807, 2.05) is 18.2 Å². The van der Waals surface area contributed by atoms with Crippen molar-refractivity contribution in [3.05, 3.63) is 33.8 Å². The van der Waals surface area contributed by atoms with Gasteiger partial charge in [-0.05, 0) is 43.1 Å². The lowest BCUT2D eigenvalue weighted by Gasteiger charge is -2.31. The molecule has 1 aromatic carbocycles. The van der Waals surface area contributed by atoms with Crippen LogP contribution in [0.5, 0.6) is 0 Å². The maximum atomic E-state index is 6.25. The summed E-state index contributed by atoms with van der Waals surface area (Å²) in [5.41, 5.74) is 1.04. The third-order valence-electron chi connectivity index (χ3n) is 3.39. The Kier molecular flexibility index (Phi) is 6.59. The molecule has 3 nitrogen and oxygen atoms in total. The van der Waals surface area contributed by atoms with Gasteiger partial charge < -0.3 is 14.8 Å². The Labute approximate surface area is 130 Å². The van der Waals surface area contributed by atoms with E-state index < -0.39 is 0 Å². The molecule has 1 aliphatic heterocycles. The van der Waals surface area contributed by atoms with Gasteiger partial charge in [0.2, 0.25) is 0 Å². The van der Waals surface area contributed by atoms with Crippen molar-refractivity contribution in [3.63, 3.8) is 0 Å². The Morgan fingerprint density at radius 1 is 1.35 bits per heavy atom. The van der Waals surface area contributed by atoms with Gasteiger partial charge in [0.1, 0.15) is 0 Å². The molecule has 0 spiro atoms. The number of halogens is 2. The molecule has 1 fully saturated rings. The van der Waals surface area contributed by atoms with Crippen LogP contribution >= 0.6 is 23.2 Å². The minimum absolute atomic E-state index is 0.0605. The molecular weight excluding hydrogens is 297 g/mol. The molecule has 1 N–H and O–H groups in total. The zero-order chi connectivity index (χ0) is 14.4. The van der Waals surface area contributed by atoms with Gasteiger partial charge in [0, 0.05) is 16.1 Å². The maximum Gasteiger partial charge on any atom is 0.0965 e. The Morgan fingerprint density at radius 2 is 2.20 bits per heavy atom. The normalized spacial score (nSPS) is 20.9. The van der Waals surface area contributed by atoms with Crippen LogP contribution in [0.1, 0.15) is 18.9 Å². The van der Waals surface area contributed by atoms with E-state index in [-0.39, 0.29) is 12.1 Å². The fraction of sp³-hybridized carbons (Fsp3) is 0.600. The van der Waals surface area contributed by atoms with Crippen molar-refractivity contribution in [1.29, 1.82) is 0 Å². The van der Waals surface area contributed by atoms with Crippen molar-refractivity contribution in [2.75, 3.05) is 26.4 Å². The van der Waals surface area contributed by atoms with Gasteiger partial charge in [0.05, 0.1) is 25.9 Å². The van der Waals surface area contributed by atoms with Crippen LogP contribution in [0.2, 0.25) is 10.0 Å². The van der Waals surface area contributed by atoms with Gasteiger partial charge in [0.15, 0.2) is 0 Å². The second-order valence-electron chi connectivity index (χ2n) is 4.98. The molecule has 2 rings (SSSR count). The van der Waals surface area contributed by atoms with E-state index in [0.717, 1.165) is 30.0 Å². The zero-order valence-corrected chi connectivity index (χ0v) is 13.2. The van der Waals surface area contributed by atoms with Gasteiger partial charge in [-0.15, -0.1) is 0 Å². The van der Waals surface area contributed by atoms with Crippen LogP contribution in [-0.4, -0.2) is 38.5 Å². The summed E-state index contributed by atoms with van der Waals surface area (Å²) in [6.07, 6.45) is 1.92. The number of ether oxygens (including phenoxy) is 2. The number of hydrogen-bond acceptors (Lipinski definition) is 3. The van der Waals surface area contributed by atoms with E-state index in [1.165, 1.54) is 0 Å². The van der Waals surface area contributed by atoms with E-state index in [0.29, 0.717) is 24.8 Å². The molecule has 5 heteroatoms. The zero-order valence-electron chi connectivity index (χ0n) is 11.7. The molecule has 2 unspecified atom stereocenters. The fourth-order valence-corrected chi connectivity index (χ4v) is 2.73. The predicted molar refractivity (Wildman–Crippen MR) is 82.8 cm³/mol. The first kappa shape index (κ1) is 16.1. The lowest BCUT2D eigenvalue weighted by atomic mass is 10.0. The van der Waals surface area contributed by atoms with Gasteiger partial charge in [-0.1, -0.05) is 30.1 Å². The highest BCUT2D eigenvalue weighted by molar-refractivity contribution is 6.33. The van der Waals surface area contributed by atoms with Gasteiger partial charge in [0.25, 0.3) is 0 Å². The van der Waals surface area contributed by atoms with E-state index in [4.69, 9.17) is 32.7 Å². The number of nitrogens with one attached hydrogen (secondary N) is 1. The van der Waals surface area contributed by atoms with Crippen molar-refractivity contribution in [2.45, 2.75) is 31.9 Å². The van der Waals surface area contributed by atoms with Crippen molar-refractivity contribution in [2.24, 2.45) is 0 Å². The lowest BCUT2D eigenvalue weighted by Crippen LogP contribution is -2.48.